The Labute approximate surface area is 111 Å². The van der Waals surface area contributed by atoms with Crippen molar-refractivity contribution in [2.75, 3.05) is 0 Å². The summed E-state index contributed by atoms with van der Waals surface area (Å²) in [6.07, 6.45) is 0. The van der Waals surface area contributed by atoms with E-state index in [0.29, 0.717) is 5.69 Å². The summed E-state index contributed by atoms with van der Waals surface area (Å²) in [5.41, 5.74) is 7.95. The number of nitrogens with zero attached hydrogens (tertiary/aromatic N) is 1. The Morgan fingerprint density at radius 3 is 2.28 bits per heavy atom. The molecule has 1 aromatic carbocycles. The van der Waals surface area contributed by atoms with Gasteiger partial charge >= 0.3 is 0 Å². The zero-order chi connectivity index (χ0) is 13.3. The summed E-state index contributed by atoms with van der Waals surface area (Å²) < 4.78 is 0. The molecule has 0 atom stereocenters. The van der Waals surface area contributed by atoms with Crippen molar-refractivity contribution in [3.05, 3.63) is 40.9 Å². The highest BCUT2D eigenvalue weighted by atomic mass is 32.1. The first-order valence-corrected chi connectivity index (χ1v) is 6.62. The second-order valence-electron chi connectivity index (χ2n) is 5.23. The van der Waals surface area contributed by atoms with Crippen LogP contribution in [0.25, 0.3) is 10.6 Å². The molecule has 1 amide bonds. The lowest BCUT2D eigenvalue weighted by molar-refractivity contribution is 0.0996. The smallest absolute Gasteiger partial charge is 0.268 e. The molecule has 2 N–H and O–H groups in total. The van der Waals surface area contributed by atoms with Crippen LogP contribution < -0.4 is 5.73 Å². The van der Waals surface area contributed by atoms with Crippen molar-refractivity contribution >= 4 is 17.2 Å². The van der Waals surface area contributed by atoms with E-state index in [1.54, 1.807) is 5.38 Å². The molecule has 1 aromatic heterocycles. The molecule has 0 aliphatic heterocycles. The fourth-order valence-corrected chi connectivity index (χ4v) is 2.45. The normalized spacial score (nSPS) is 11.5. The van der Waals surface area contributed by atoms with Crippen molar-refractivity contribution in [2.45, 2.75) is 26.2 Å². The number of amides is 1. The Hall–Kier alpha value is -1.68. The molecule has 0 spiro atoms. The minimum absolute atomic E-state index is 0.139. The minimum atomic E-state index is -0.483. The van der Waals surface area contributed by atoms with E-state index in [-0.39, 0.29) is 5.41 Å². The lowest BCUT2D eigenvalue weighted by Crippen LogP contribution is -2.11. The maximum atomic E-state index is 11.0. The molecule has 4 heteroatoms. The largest absolute Gasteiger partial charge is 0.364 e. The molecule has 0 aliphatic carbocycles. The summed E-state index contributed by atoms with van der Waals surface area (Å²) in [6, 6.07) is 8.26. The predicted octanol–water partition coefficient (Wildman–Crippen LogP) is 3.21. The van der Waals surface area contributed by atoms with Gasteiger partial charge in [-0.1, -0.05) is 45.0 Å². The molecule has 0 saturated heterocycles. The number of hydrogen-bond donors (Lipinski definition) is 1. The quantitative estimate of drug-likeness (QED) is 0.901. The van der Waals surface area contributed by atoms with E-state index in [1.807, 2.05) is 12.1 Å². The first kappa shape index (κ1) is 12.8. The molecule has 18 heavy (non-hydrogen) atoms. The Balaban J connectivity index is 2.31. The van der Waals surface area contributed by atoms with Crippen LogP contribution in [0.1, 0.15) is 36.8 Å². The van der Waals surface area contributed by atoms with Gasteiger partial charge in [-0.15, -0.1) is 11.3 Å². The minimum Gasteiger partial charge on any atom is -0.364 e. The lowest BCUT2D eigenvalue weighted by atomic mass is 9.87. The summed E-state index contributed by atoms with van der Waals surface area (Å²) in [5, 5.41) is 2.51. The molecular weight excluding hydrogens is 244 g/mol. The van der Waals surface area contributed by atoms with E-state index in [1.165, 1.54) is 16.9 Å². The number of aromatic nitrogens is 1. The molecule has 1 heterocycles. The van der Waals surface area contributed by atoms with E-state index >= 15 is 0 Å². The van der Waals surface area contributed by atoms with Crippen molar-refractivity contribution in [3.63, 3.8) is 0 Å². The van der Waals surface area contributed by atoms with Gasteiger partial charge in [0, 0.05) is 10.9 Å². The molecule has 2 aromatic rings. The third kappa shape index (κ3) is 2.59. The molecule has 0 fully saturated rings. The number of carbonyl (C=O) groups excluding carboxylic acids is 1. The Morgan fingerprint density at radius 2 is 1.83 bits per heavy atom. The second kappa shape index (κ2) is 4.53. The van der Waals surface area contributed by atoms with Gasteiger partial charge in [0.2, 0.25) is 0 Å². The van der Waals surface area contributed by atoms with Crippen molar-refractivity contribution in [2.24, 2.45) is 5.73 Å². The molecule has 0 bridgehead atoms. The molecule has 0 saturated carbocycles. The Morgan fingerprint density at radius 1 is 1.22 bits per heavy atom. The molecule has 0 aliphatic rings. The maximum Gasteiger partial charge on any atom is 0.268 e. The van der Waals surface area contributed by atoms with Crippen molar-refractivity contribution in [1.82, 2.24) is 4.98 Å². The van der Waals surface area contributed by atoms with E-state index in [0.717, 1.165) is 10.6 Å². The maximum absolute atomic E-state index is 11.0. The summed E-state index contributed by atoms with van der Waals surface area (Å²) in [5.74, 6) is -0.483. The van der Waals surface area contributed by atoms with Crippen LogP contribution >= 0.6 is 11.3 Å². The van der Waals surface area contributed by atoms with Crippen molar-refractivity contribution in [1.29, 1.82) is 0 Å². The van der Waals surface area contributed by atoms with E-state index < -0.39 is 5.91 Å². The first-order valence-electron chi connectivity index (χ1n) is 5.74. The number of primary amides is 1. The fraction of sp³-hybridized carbons (Fsp3) is 0.286. The van der Waals surface area contributed by atoms with Crippen LogP contribution in [0.3, 0.4) is 0 Å². The first-order chi connectivity index (χ1) is 8.38. The topological polar surface area (TPSA) is 56.0 Å². The van der Waals surface area contributed by atoms with Gasteiger partial charge in [0.25, 0.3) is 5.91 Å². The van der Waals surface area contributed by atoms with Crippen molar-refractivity contribution < 1.29 is 4.79 Å². The summed E-state index contributed by atoms with van der Waals surface area (Å²) in [7, 11) is 0. The summed E-state index contributed by atoms with van der Waals surface area (Å²) in [4.78, 5) is 15.2. The van der Waals surface area contributed by atoms with Gasteiger partial charge in [-0.3, -0.25) is 4.79 Å². The van der Waals surface area contributed by atoms with Gasteiger partial charge in [-0.2, -0.15) is 0 Å². The predicted molar refractivity (Wildman–Crippen MR) is 74.8 cm³/mol. The van der Waals surface area contributed by atoms with Crippen LogP contribution in [0.4, 0.5) is 0 Å². The van der Waals surface area contributed by atoms with Crippen LogP contribution in [0, 0.1) is 0 Å². The van der Waals surface area contributed by atoms with Gasteiger partial charge in [-0.25, -0.2) is 4.98 Å². The third-order valence-electron chi connectivity index (χ3n) is 2.75. The van der Waals surface area contributed by atoms with E-state index in [9.17, 15) is 4.79 Å². The molecule has 0 radical (unpaired) electrons. The van der Waals surface area contributed by atoms with Gasteiger partial charge in [-0.05, 0) is 11.0 Å². The number of carbonyl (C=O) groups is 1. The summed E-state index contributed by atoms with van der Waals surface area (Å²) in [6.45, 7) is 6.53. The van der Waals surface area contributed by atoms with Crippen LogP contribution in [0.2, 0.25) is 0 Å². The zero-order valence-corrected chi connectivity index (χ0v) is 11.5. The average Bonchev–Trinajstić information content (AvgIpc) is 2.77. The lowest BCUT2D eigenvalue weighted by Gasteiger charge is -2.18. The van der Waals surface area contributed by atoms with Gasteiger partial charge < -0.3 is 5.73 Å². The molecular formula is C14H16N2OS. The highest BCUT2D eigenvalue weighted by Crippen LogP contribution is 2.27. The van der Waals surface area contributed by atoms with E-state index in [2.05, 4.69) is 37.9 Å². The van der Waals surface area contributed by atoms with Gasteiger partial charge in [0.05, 0.1) is 0 Å². The Kier molecular flexibility index (Phi) is 3.22. The molecule has 3 nitrogen and oxygen atoms in total. The second-order valence-corrected chi connectivity index (χ2v) is 6.09. The fourth-order valence-electron chi connectivity index (χ4n) is 1.63. The molecule has 94 valence electrons. The Bertz CT molecular complexity index is 564. The highest BCUT2D eigenvalue weighted by molar-refractivity contribution is 7.13. The van der Waals surface area contributed by atoms with Gasteiger partial charge in [0.1, 0.15) is 10.7 Å². The standard InChI is InChI=1S/C14H16N2OS/c1-14(2,3)10-6-4-9(5-7-10)13-16-11(8-18-13)12(15)17/h4-8H,1-3H3,(H2,15,17). The number of rotatable bonds is 2. The van der Waals surface area contributed by atoms with Crippen LogP contribution in [0.5, 0.6) is 0 Å². The highest BCUT2D eigenvalue weighted by Gasteiger charge is 2.14. The zero-order valence-electron chi connectivity index (χ0n) is 10.7. The number of thiazole rings is 1. The van der Waals surface area contributed by atoms with E-state index in [4.69, 9.17) is 5.73 Å². The number of benzene rings is 1. The molecule has 0 unspecified atom stereocenters. The third-order valence-corrected chi connectivity index (χ3v) is 3.65. The van der Waals surface area contributed by atoms with Crippen LogP contribution in [-0.2, 0) is 5.41 Å². The average molecular weight is 260 g/mol. The van der Waals surface area contributed by atoms with Crippen LogP contribution in [0.15, 0.2) is 29.6 Å². The number of hydrogen-bond acceptors (Lipinski definition) is 3. The number of nitrogens with two attached hydrogens (primary N) is 1. The summed E-state index contributed by atoms with van der Waals surface area (Å²) >= 11 is 1.43. The monoisotopic (exact) mass is 260 g/mol. The molecule has 2 rings (SSSR count). The van der Waals surface area contributed by atoms with Crippen LogP contribution in [-0.4, -0.2) is 10.9 Å². The van der Waals surface area contributed by atoms with Crippen molar-refractivity contribution in [3.8, 4) is 10.6 Å². The van der Waals surface area contributed by atoms with Gasteiger partial charge in [0.15, 0.2) is 0 Å². The SMILES string of the molecule is CC(C)(C)c1ccc(-c2nc(C(N)=O)cs2)cc1.